The van der Waals surface area contributed by atoms with Gasteiger partial charge in [-0.15, -0.1) is 0 Å². The molecule has 0 bridgehead atoms. The zero-order chi connectivity index (χ0) is 14.8. The first-order valence-electron chi connectivity index (χ1n) is 6.22. The van der Waals surface area contributed by atoms with Gasteiger partial charge in [0.05, 0.1) is 11.4 Å². The molecule has 1 aromatic carbocycles. The lowest BCUT2D eigenvalue weighted by atomic mass is 10.3. The molecule has 1 aromatic rings. The monoisotopic (exact) mass is 361 g/mol. The molecule has 1 amide bonds. The highest BCUT2D eigenvalue weighted by Gasteiger charge is 2.22. The van der Waals surface area contributed by atoms with Gasteiger partial charge in [0.2, 0.25) is 15.9 Å². The maximum Gasteiger partial charge on any atom is 0.242 e. The fourth-order valence-corrected chi connectivity index (χ4v) is 4.12. The van der Waals surface area contributed by atoms with Crippen LogP contribution in [0.2, 0.25) is 0 Å². The smallest absolute Gasteiger partial charge is 0.242 e. The Balaban J connectivity index is 2.05. The molecule has 1 fully saturated rings. The summed E-state index contributed by atoms with van der Waals surface area (Å²) in [6.45, 7) is 1.18. The summed E-state index contributed by atoms with van der Waals surface area (Å²) in [6, 6.07) is 4.42. The molecule has 0 atom stereocenters. The van der Waals surface area contributed by atoms with Gasteiger partial charge in [0.1, 0.15) is 0 Å². The Morgan fingerprint density at radius 1 is 1.35 bits per heavy atom. The zero-order valence-electron chi connectivity index (χ0n) is 10.8. The number of amides is 1. The van der Waals surface area contributed by atoms with Crippen LogP contribution in [0.25, 0.3) is 0 Å². The van der Waals surface area contributed by atoms with Crippen molar-refractivity contribution in [3.63, 3.8) is 0 Å². The minimum Gasteiger partial charge on any atom is -0.399 e. The number of sulfonamides is 1. The van der Waals surface area contributed by atoms with E-state index in [2.05, 4.69) is 20.7 Å². The Morgan fingerprint density at radius 2 is 2.00 bits per heavy atom. The molecule has 0 radical (unpaired) electrons. The normalized spacial score (nSPS) is 15.6. The van der Waals surface area contributed by atoms with Crippen molar-refractivity contribution in [3.8, 4) is 0 Å². The van der Waals surface area contributed by atoms with Crippen LogP contribution in [0, 0.1) is 0 Å². The molecule has 1 heterocycles. The number of hydrogen-bond acceptors (Lipinski definition) is 4. The standard InChI is InChI=1S/C12H16BrN3O3S/c13-10-7-9(14)3-4-11(10)20(18,19)15-8-12(17)16-5-1-2-6-16/h3-4,7,15H,1-2,5-6,8,14H2. The van der Waals surface area contributed by atoms with E-state index >= 15 is 0 Å². The first-order chi connectivity index (χ1) is 9.40. The van der Waals surface area contributed by atoms with Crippen LogP contribution in [0.5, 0.6) is 0 Å². The second kappa shape index (κ2) is 6.11. The van der Waals surface area contributed by atoms with E-state index in [9.17, 15) is 13.2 Å². The van der Waals surface area contributed by atoms with Gasteiger partial charge in [-0.1, -0.05) is 0 Å². The van der Waals surface area contributed by atoms with Crippen LogP contribution in [-0.2, 0) is 14.8 Å². The van der Waals surface area contributed by atoms with Crippen LogP contribution in [-0.4, -0.2) is 38.9 Å². The fourth-order valence-electron chi connectivity index (χ4n) is 2.05. The number of carbonyl (C=O) groups is 1. The summed E-state index contributed by atoms with van der Waals surface area (Å²) >= 11 is 3.16. The number of nitrogens with two attached hydrogens (primary N) is 1. The van der Waals surface area contributed by atoms with Crippen LogP contribution in [0.4, 0.5) is 5.69 Å². The number of benzene rings is 1. The Labute approximate surface area is 126 Å². The number of rotatable bonds is 4. The van der Waals surface area contributed by atoms with Gasteiger partial charge in [0, 0.05) is 23.2 Å². The van der Waals surface area contributed by atoms with Gasteiger partial charge in [-0.25, -0.2) is 13.1 Å². The maximum absolute atomic E-state index is 12.1. The fraction of sp³-hybridized carbons (Fsp3) is 0.417. The van der Waals surface area contributed by atoms with E-state index in [1.165, 1.54) is 18.2 Å². The third-order valence-electron chi connectivity index (χ3n) is 3.12. The molecule has 3 N–H and O–H groups in total. The first-order valence-corrected chi connectivity index (χ1v) is 8.50. The molecule has 0 spiro atoms. The van der Waals surface area contributed by atoms with Gasteiger partial charge in [-0.2, -0.15) is 0 Å². The molecule has 8 heteroatoms. The lowest BCUT2D eigenvalue weighted by Crippen LogP contribution is -2.38. The van der Waals surface area contributed by atoms with E-state index < -0.39 is 10.0 Å². The van der Waals surface area contributed by atoms with Crippen molar-refractivity contribution in [3.05, 3.63) is 22.7 Å². The summed E-state index contributed by atoms with van der Waals surface area (Å²) in [5.41, 5.74) is 6.03. The van der Waals surface area contributed by atoms with E-state index in [1.54, 1.807) is 4.90 Å². The number of halogens is 1. The van der Waals surface area contributed by atoms with Crippen molar-refractivity contribution in [2.24, 2.45) is 0 Å². The molecule has 0 aliphatic carbocycles. The zero-order valence-corrected chi connectivity index (χ0v) is 13.2. The number of hydrogen-bond donors (Lipinski definition) is 2. The van der Waals surface area contributed by atoms with Gasteiger partial charge in [-0.05, 0) is 47.0 Å². The van der Waals surface area contributed by atoms with Gasteiger partial charge >= 0.3 is 0 Å². The van der Waals surface area contributed by atoms with Crippen molar-refractivity contribution in [1.29, 1.82) is 0 Å². The molecule has 20 heavy (non-hydrogen) atoms. The van der Waals surface area contributed by atoms with E-state index in [0.29, 0.717) is 23.2 Å². The van der Waals surface area contributed by atoms with E-state index in [-0.39, 0.29) is 17.3 Å². The van der Waals surface area contributed by atoms with Gasteiger partial charge in [0.15, 0.2) is 0 Å². The molecule has 0 aromatic heterocycles. The second-order valence-corrected chi connectivity index (χ2v) is 7.19. The number of nitrogen functional groups attached to an aromatic ring is 1. The molecule has 1 aliphatic heterocycles. The number of carbonyl (C=O) groups excluding carboxylic acids is 1. The average molecular weight is 362 g/mol. The van der Waals surface area contributed by atoms with Crippen LogP contribution < -0.4 is 10.5 Å². The molecule has 6 nitrogen and oxygen atoms in total. The molecule has 2 rings (SSSR count). The number of nitrogens with one attached hydrogen (secondary N) is 1. The van der Waals surface area contributed by atoms with E-state index in [0.717, 1.165) is 12.8 Å². The predicted octanol–water partition coefficient (Wildman–Crippen LogP) is 0.932. The van der Waals surface area contributed by atoms with Crippen LogP contribution in [0.15, 0.2) is 27.6 Å². The van der Waals surface area contributed by atoms with E-state index in [4.69, 9.17) is 5.73 Å². The van der Waals surface area contributed by atoms with Crippen LogP contribution in [0.3, 0.4) is 0 Å². The van der Waals surface area contributed by atoms with Crippen molar-refractivity contribution in [2.45, 2.75) is 17.7 Å². The molecule has 1 aliphatic rings. The topological polar surface area (TPSA) is 92.5 Å². The van der Waals surface area contributed by atoms with Crippen LogP contribution >= 0.6 is 15.9 Å². The van der Waals surface area contributed by atoms with Crippen molar-refractivity contribution in [1.82, 2.24) is 9.62 Å². The number of likely N-dealkylation sites (tertiary alicyclic amines) is 1. The molecule has 0 unspecified atom stereocenters. The van der Waals surface area contributed by atoms with E-state index in [1.807, 2.05) is 0 Å². The minimum atomic E-state index is -3.73. The lowest BCUT2D eigenvalue weighted by molar-refractivity contribution is -0.128. The highest BCUT2D eigenvalue weighted by Crippen LogP contribution is 2.24. The summed E-state index contributed by atoms with van der Waals surface area (Å²) in [5, 5.41) is 0. The number of anilines is 1. The highest BCUT2D eigenvalue weighted by atomic mass is 79.9. The van der Waals surface area contributed by atoms with Gasteiger partial charge < -0.3 is 10.6 Å². The van der Waals surface area contributed by atoms with Gasteiger partial charge in [-0.3, -0.25) is 4.79 Å². The summed E-state index contributed by atoms with van der Waals surface area (Å²) < 4.78 is 27.0. The average Bonchev–Trinajstić information content (AvgIpc) is 2.89. The Bertz CT molecular complexity index is 612. The number of nitrogens with zero attached hydrogens (tertiary/aromatic N) is 1. The lowest BCUT2D eigenvalue weighted by Gasteiger charge is -2.15. The molecule has 1 saturated heterocycles. The highest BCUT2D eigenvalue weighted by molar-refractivity contribution is 9.10. The molecular weight excluding hydrogens is 346 g/mol. The Morgan fingerprint density at radius 3 is 2.60 bits per heavy atom. The maximum atomic E-state index is 12.1. The summed E-state index contributed by atoms with van der Waals surface area (Å²) in [5.74, 6) is -0.197. The Hall–Kier alpha value is -1.12. The Kier molecular flexibility index (Phi) is 4.66. The summed E-state index contributed by atoms with van der Waals surface area (Å²) in [7, 11) is -3.73. The quantitative estimate of drug-likeness (QED) is 0.780. The predicted molar refractivity (Wildman–Crippen MR) is 79.6 cm³/mol. The van der Waals surface area contributed by atoms with Gasteiger partial charge in [0.25, 0.3) is 0 Å². The summed E-state index contributed by atoms with van der Waals surface area (Å²) in [6.07, 6.45) is 1.95. The third kappa shape index (κ3) is 3.50. The first kappa shape index (κ1) is 15.3. The minimum absolute atomic E-state index is 0.0703. The molecule has 0 saturated carbocycles. The van der Waals surface area contributed by atoms with Crippen molar-refractivity contribution < 1.29 is 13.2 Å². The van der Waals surface area contributed by atoms with Crippen molar-refractivity contribution >= 4 is 37.5 Å². The summed E-state index contributed by atoms with van der Waals surface area (Å²) in [4.78, 5) is 13.6. The molecule has 110 valence electrons. The second-order valence-electron chi connectivity index (χ2n) is 4.60. The van der Waals surface area contributed by atoms with Crippen LogP contribution in [0.1, 0.15) is 12.8 Å². The molecular formula is C12H16BrN3O3S. The van der Waals surface area contributed by atoms with Crippen molar-refractivity contribution in [2.75, 3.05) is 25.4 Å². The SMILES string of the molecule is Nc1ccc(S(=O)(=O)NCC(=O)N2CCCC2)c(Br)c1. The largest absolute Gasteiger partial charge is 0.399 e. The third-order valence-corrected chi connectivity index (χ3v) is 5.50.